The Morgan fingerprint density at radius 2 is 2.32 bits per heavy atom. The maximum absolute atomic E-state index is 12.5. The maximum Gasteiger partial charge on any atom is 0.229 e. The van der Waals surface area contributed by atoms with Crippen LogP contribution in [0.3, 0.4) is 0 Å². The minimum atomic E-state index is 0.00505. The van der Waals surface area contributed by atoms with Gasteiger partial charge in [-0.3, -0.25) is 4.79 Å². The van der Waals surface area contributed by atoms with Gasteiger partial charge in [0.2, 0.25) is 11.8 Å². The molecule has 2 saturated heterocycles. The predicted molar refractivity (Wildman–Crippen MR) is 82.3 cm³/mol. The summed E-state index contributed by atoms with van der Waals surface area (Å²) in [7, 11) is 0. The SMILES string of the molecule is CC(C)c1nc(C2CCCN2C(=O)CCC2CCNC2)no1. The van der Waals surface area contributed by atoms with Gasteiger partial charge < -0.3 is 14.7 Å². The molecule has 1 aromatic rings. The van der Waals surface area contributed by atoms with E-state index in [9.17, 15) is 4.79 Å². The van der Waals surface area contributed by atoms with Gasteiger partial charge in [0.15, 0.2) is 5.82 Å². The lowest BCUT2D eigenvalue weighted by Crippen LogP contribution is -2.31. The fraction of sp³-hybridized carbons (Fsp3) is 0.812. The number of hydrogen-bond acceptors (Lipinski definition) is 5. The smallest absolute Gasteiger partial charge is 0.229 e. The van der Waals surface area contributed by atoms with Crippen molar-refractivity contribution in [2.45, 2.75) is 57.9 Å². The van der Waals surface area contributed by atoms with Crippen LogP contribution in [0.25, 0.3) is 0 Å². The van der Waals surface area contributed by atoms with Crippen molar-refractivity contribution in [2.24, 2.45) is 5.92 Å². The lowest BCUT2D eigenvalue weighted by atomic mass is 10.0. The summed E-state index contributed by atoms with van der Waals surface area (Å²) < 4.78 is 5.30. The van der Waals surface area contributed by atoms with Crippen LogP contribution in [-0.2, 0) is 4.79 Å². The van der Waals surface area contributed by atoms with E-state index in [0.717, 1.165) is 38.9 Å². The fourth-order valence-electron chi connectivity index (χ4n) is 3.38. The number of hydrogen-bond donors (Lipinski definition) is 1. The van der Waals surface area contributed by atoms with Gasteiger partial charge in [0.1, 0.15) is 0 Å². The van der Waals surface area contributed by atoms with Crippen molar-refractivity contribution in [1.82, 2.24) is 20.4 Å². The minimum Gasteiger partial charge on any atom is -0.339 e. The molecule has 0 radical (unpaired) electrons. The standard InChI is InChI=1S/C16H26N4O2/c1-11(2)16-18-15(19-22-16)13-4-3-9-20(13)14(21)6-5-12-7-8-17-10-12/h11-13,17H,3-10H2,1-2H3. The summed E-state index contributed by atoms with van der Waals surface area (Å²) in [5.74, 6) is 2.46. The molecule has 2 fully saturated rings. The molecule has 0 spiro atoms. The van der Waals surface area contributed by atoms with Crippen molar-refractivity contribution >= 4 is 5.91 Å². The molecular weight excluding hydrogens is 280 g/mol. The van der Waals surface area contributed by atoms with Crippen molar-refractivity contribution < 1.29 is 9.32 Å². The van der Waals surface area contributed by atoms with E-state index in [0.29, 0.717) is 24.1 Å². The molecule has 0 bridgehead atoms. The molecule has 0 aliphatic carbocycles. The molecule has 2 unspecified atom stereocenters. The van der Waals surface area contributed by atoms with E-state index in [-0.39, 0.29) is 17.9 Å². The first-order valence-electron chi connectivity index (χ1n) is 8.49. The van der Waals surface area contributed by atoms with Crippen molar-refractivity contribution in [3.63, 3.8) is 0 Å². The summed E-state index contributed by atoms with van der Waals surface area (Å²) in [6.45, 7) is 7.03. The van der Waals surface area contributed by atoms with Crippen LogP contribution in [0.15, 0.2) is 4.52 Å². The third kappa shape index (κ3) is 3.32. The second-order valence-corrected chi connectivity index (χ2v) is 6.79. The zero-order valence-electron chi connectivity index (χ0n) is 13.5. The van der Waals surface area contributed by atoms with Gasteiger partial charge in [-0.1, -0.05) is 19.0 Å². The summed E-state index contributed by atoms with van der Waals surface area (Å²) in [6, 6.07) is 0.00505. The molecule has 22 heavy (non-hydrogen) atoms. The zero-order valence-corrected chi connectivity index (χ0v) is 13.5. The molecule has 3 rings (SSSR count). The van der Waals surface area contributed by atoms with Gasteiger partial charge in [-0.25, -0.2) is 0 Å². The average Bonchev–Trinajstić information content (AvgIpc) is 3.23. The summed E-state index contributed by atoms with van der Waals surface area (Å²) >= 11 is 0. The number of carbonyl (C=O) groups is 1. The Morgan fingerprint density at radius 3 is 3.00 bits per heavy atom. The lowest BCUT2D eigenvalue weighted by molar-refractivity contribution is -0.132. The van der Waals surface area contributed by atoms with Crippen molar-refractivity contribution in [3.05, 3.63) is 11.7 Å². The molecule has 3 heterocycles. The van der Waals surface area contributed by atoms with E-state index >= 15 is 0 Å². The fourth-order valence-corrected chi connectivity index (χ4v) is 3.38. The van der Waals surface area contributed by atoms with Crippen LogP contribution in [0.1, 0.15) is 69.6 Å². The molecule has 2 aliphatic heterocycles. The molecule has 0 aromatic carbocycles. The van der Waals surface area contributed by atoms with E-state index in [1.165, 1.54) is 6.42 Å². The highest BCUT2D eigenvalue weighted by Crippen LogP contribution is 2.32. The third-order valence-corrected chi connectivity index (χ3v) is 4.75. The van der Waals surface area contributed by atoms with Gasteiger partial charge in [0, 0.05) is 18.9 Å². The monoisotopic (exact) mass is 306 g/mol. The Hall–Kier alpha value is -1.43. The average molecular weight is 306 g/mol. The minimum absolute atomic E-state index is 0.00505. The highest BCUT2D eigenvalue weighted by atomic mass is 16.5. The molecule has 2 atom stereocenters. The van der Waals surface area contributed by atoms with Crippen LogP contribution < -0.4 is 5.32 Å². The third-order valence-electron chi connectivity index (χ3n) is 4.75. The Bertz CT molecular complexity index is 508. The molecule has 1 aromatic heterocycles. The van der Waals surface area contributed by atoms with Crippen molar-refractivity contribution in [1.29, 1.82) is 0 Å². The number of aromatic nitrogens is 2. The molecule has 2 aliphatic rings. The Labute approximate surface area is 131 Å². The van der Waals surface area contributed by atoms with Crippen LogP contribution >= 0.6 is 0 Å². The summed E-state index contributed by atoms with van der Waals surface area (Å²) in [6.07, 6.45) is 4.77. The highest BCUT2D eigenvalue weighted by molar-refractivity contribution is 5.76. The number of amides is 1. The Morgan fingerprint density at radius 1 is 1.45 bits per heavy atom. The first kappa shape index (κ1) is 15.5. The normalized spacial score (nSPS) is 25.3. The Balaban J connectivity index is 1.60. The van der Waals surface area contributed by atoms with Crippen LogP contribution in [-0.4, -0.2) is 40.6 Å². The number of nitrogens with one attached hydrogen (secondary N) is 1. The lowest BCUT2D eigenvalue weighted by Gasteiger charge is -2.22. The quantitative estimate of drug-likeness (QED) is 0.903. The largest absolute Gasteiger partial charge is 0.339 e. The van der Waals surface area contributed by atoms with Crippen LogP contribution in [0.2, 0.25) is 0 Å². The summed E-state index contributed by atoms with van der Waals surface area (Å²) in [5, 5.41) is 7.46. The van der Waals surface area contributed by atoms with E-state index < -0.39 is 0 Å². The second-order valence-electron chi connectivity index (χ2n) is 6.79. The van der Waals surface area contributed by atoms with Gasteiger partial charge in [-0.2, -0.15) is 4.98 Å². The first-order valence-corrected chi connectivity index (χ1v) is 8.49. The van der Waals surface area contributed by atoms with E-state index in [1.807, 2.05) is 18.7 Å². The first-order chi connectivity index (χ1) is 10.6. The van der Waals surface area contributed by atoms with E-state index in [2.05, 4.69) is 15.5 Å². The van der Waals surface area contributed by atoms with Gasteiger partial charge in [0.25, 0.3) is 0 Å². The zero-order chi connectivity index (χ0) is 15.5. The molecule has 6 nitrogen and oxygen atoms in total. The number of likely N-dealkylation sites (tertiary alicyclic amines) is 1. The molecule has 0 saturated carbocycles. The van der Waals surface area contributed by atoms with E-state index in [4.69, 9.17) is 4.52 Å². The summed E-state index contributed by atoms with van der Waals surface area (Å²) in [4.78, 5) is 19.0. The maximum atomic E-state index is 12.5. The molecular formula is C16H26N4O2. The van der Waals surface area contributed by atoms with Crippen molar-refractivity contribution in [2.75, 3.05) is 19.6 Å². The van der Waals surface area contributed by atoms with E-state index in [1.54, 1.807) is 0 Å². The van der Waals surface area contributed by atoms with Gasteiger partial charge in [-0.15, -0.1) is 0 Å². The second kappa shape index (κ2) is 6.77. The topological polar surface area (TPSA) is 71.3 Å². The number of carbonyl (C=O) groups excluding carboxylic acids is 1. The highest BCUT2D eigenvalue weighted by Gasteiger charge is 2.33. The molecule has 6 heteroatoms. The van der Waals surface area contributed by atoms with Crippen LogP contribution in [0.5, 0.6) is 0 Å². The van der Waals surface area contributed by atoms with Crippen LogP contribution in [0, 0.1) is 5.92 Å². The van der Waals surface area contributed by atoms with Gasteiger partial charge >= 0.3 is 0 Å². The predicted octanol–water partition coefficient (Wildman–Crippen LogP) is 2.25. The molecule has 1 N–H and O–H groups in total. The molecule has 122 valence electrons. The number of nitrogens with zero attached hydrogens (tertiary/aromatic N) is 3. The number of rotatable bonds is 5. The van der Waals surface area contributed by atoms with Gasteiger partial charge in [-0.05, 0) is 44.7 Å². The van der Waals surface area contributed by atoms with Crippen molar-refractivity contribution in [3.8, 4) is 0 Å². The Kier molecular flexibility index (Phi) is 4.76. The summed E-state index contributed by atoms with van der Waals surface area (Å²) in [5.41, 5.74) is 0. The van der Waals surface area contributed by atoms with Gasteiger partial charge in [0.05, 0.1) is 6.04 Å². The molecule has 1 amide bonds. The van der Waals surface area contributed by atoms with Crippen LogP contribution in [0.4, 0.5) is 0 Å².